The summed E-state index contributed by atoms with van der Waals surface area (Å²) in [6, 6.07) is 7.47. The Morgan fingerprint density at radius 3 is 2.73 bits per heavy atom. The molecule has 0 aliphatic heterocycles. The van der Waals surface area contributed by atoms with Gasteiger partial charge in [0, 0.05) is 5.38 Å². The zero-order valence-corrected chi connectivity index (χ0v) is 13.4. The van der Waals surface area contributed by atoms with Gasteiger partial charge >= 0.3 is 0 Å². The van der Waals surface area contributed by atoms with E-state index >= 15 is 0 Å². The lowest BCUT2D eigenvalue weighted by Gasteiger charge is -2.09. The van der Waals surface area contributed by atoms with Crippen LogP contribution in [0.4, 0.5) is 5.82 Å². The van der Waals surface area contributed by atoms with Gasteiger partial charge < -0.3 is 14.8 Å². The Morgan fingerprint density at radius 2 is 1.95 bits per heavy atom. The molecule has 0 fully saturated rings. The average molecular weight is 336 g/mol. The highest BCUT2D eigenvalue weighted by Crippen LogP contribution is 2.32. The SMILES string of the molecule is COc1ccc(OCCNc2ncnc3scc(Cl)c23)cc1. The highest BCUT2D eigenvalue weighted by Gasteiger charge is 2.09. The standard InChI is InChI=1S/C15H14ClN3O2S/c1-20-10-2-4-11(5-3-10)21-7-6-17-14-13-12(16)8-22-15(13)19-9-18-14/h2-5,8-9H,6-7H2,1H3,(H,17,18,19). The molecule has 0 radical (unpaired) electrons. The molecule has 0 bridgehead atoms. The van der Waals surface area contributed by atoms with Crippen LogP contribution in [0.15, 0.2) is 36.0 Å². The smallest absolute Gasteiger partial charge is 0.139 e. The first-order chi connectivity index (χ1) is 10.8. The number of anilines is 1. The van der Waals surface area contributed by atoms with Crippen LogP contribution in [0.25, 0.3) is 10.2 Å². The van der Waals surface area contributed by atoms with Crippen LogP contribution in [0, 0.1) is 0 Å². The number of benzene rings is 1. The van der Waals surface area contributed by atoms with Crippen LogP contribution in [0.2, 0.25) is 5.02 Å². The van der Waals surface area contributed by atoms with E-state index in [1.54, 1.807) is 7.11 Å². The Morgan fingerprint density at radius 1 is 1.18 bits per heavy atom. The molecule has 0 saturated heterocycles. The molecule has 1 N–H and O–H groups in total. The first kappa shape index (κ1) is 14.9. The van der Waals surface area contributed by atoms with Crippen molar-refractivity contribution in [2.24, 2.45) is 0 Å². The van der Waals surface area contributed by atoms with Crippen molar-refractivity contribution in [2.75, 3.05) is 25.6 Å². The van der Waals surface area contributed by atoms with Gasteiger partial charge in [0.15, 0.2) is 0 Å². The first-order valence-corrected chi connectivity index (χ1v) is 7.92. The molecule has 3 aromatic rings. The minimum atomic E-state index is 0.513. The molecule has 114 valence electrons. The molecule has 0 saturated carbocycles. The maximum absolute atomic E-state index is 6.16. The monoisotopic (exact) mass is 335 g/mol. The molecular weight excluding hydrogens is 322 g/mol. The molecule has 7 heteroatoms. The molecule has 0 amide bonds. The summed E-state index contributed by atoms with van der Waals surface area (Å²) in [6.07, 6.45) is 1.53. The van der Waals surface area contributed by atoms with Gasteiger partial charge in [0.25, 0.3) is 0 Å². The summed E-state index contributed by atoms with van der Waals surface area (Å²) >= 11 is 7.66. The lowest BCUT2D eigenvalue weighted by atomic mass is 10.3. The molecule has 5 nitrogen and oxygen atoms in total. The number of nitrogens with one attached hydrogen (secondary N) is 1. The second kappa shape index (κ2) is 6.81. The van der Waals surface area contributed by atoms with E-state index in [2.05, 4.69) is 15.3 Å². The number of methoxy groups -OCH3 is 1. The quantitative estimate of drug-likeness (QED) is 0.693. The number of fused-ring (bicyclic) bond motifs is 1. The van der Waals surface area contributed by atoms with Crippen LogP contribution >= 0.6 is 22.9 Å². The number of thiophene rings is 1. The van der Waals surface area contributed by atoms with Crippen molar-refractivity contribution in [1.29, 1.82) is 0 Å². The summed E-state index contributed by atoms with van der Waals surface area (Å²) < 4.78 is 10.8. The molecule has 0 aliphatic carbocycles. The van der Waals surface area contributed by atoms with Gasteiger partial charge in [0.2, 0.25) is 0 Å². The summed E-state index contributed by atoms with van der Waals surface area (Å²) in [6.45, 7) is 1.13. The average Bonchev–Trinajstić information content (AvgIpc) is 2.94. The van der Waals surface area contributed by atoms with Crippen LogP contribution < -0.4 is 14.8 Å². The van der Waals surface area contributed by atoms with Crippen molar-refractivity contribution in [2.45, 2.75) is 0 Å². The van der Waals surface area contributed by atoms with Crippen molar-refractivity contribution in [3.63, 3.8) is 0 Å². The maximum atomic E-state index is 6.16. The van der Waals surface area contributed by atoms with E-state index in [-0.39, 0.29) is 0 Å². The lowest BCUT2D eigenvalue weighted by Crippen LogP contribution is -2.12. The minimum absolute atomic E-state index is 0.513. The number of hydrogen-bond donors (Lipinski definition) is 1. The minimum Gasteiger partial charge on any atom is -0.497 e. The van der Waals surface area contributed by atoms with Crippen molar-refractivity contribution >= 4 is 39.0 Å². The van der Waals surface area contributed by atoms with Gasteiger partial charge in [-0.25, -0.2) is 9.97 Å². The number of nitrogens with zero attached hydrogens (tertiary/aromatic N) is 2. The highest BCUT2D eigenvalue weighted by atomic mass is 35.5. The maximum Gasteiger partial charge on any atom is 0.139 e. The molecule has 3 rings (SSSR count). The van der Waals surface area contributed by atoms with Crippen LogP contribution in [0.3, 0.4) is 0 Å². The summed E-state index contributed by atoms with van der Waals surface area (Å²) in [4.78, 5) is 9.30. The van der Waals surface area contributed by atoms with Crippen molar-refractivity contribution in [3.05, 3.63) is 41.0 Å². The van der Waals surface area contributed by atoms with Crippen LogP contribution in [-0.2, 0) is 0 Å². The fraction of sp³-hybridized carbons (Fsp3) is 0.200. The first-order valence-electron chi connectivity index (χ1n) is 6.66. The third-order valence-electron chi connectivity index (χ3n) is 3.05. The van der Waals surface area contributed by atoms with Gasteiger partial charge in [-0.15, -0.1) is 11.3 Å². The van der Waals surface area contributed by atoms with Gasteiger partial charge in [0.05, 0.1) is 24.1 Å². The van der Waals surface area contributed by atoms with E-state index in [9.17, 15) is 0 Å². The molecule has 0 unspecified atom stereocenters. The van der Waals surface area contributed by atoms with E-state index in [1.165, 1.54) is 17.7 Å². The van der Waals surface area contributed by atoms with Gasteiger partial charge in [-0.3, -0.25) is 0 Å². The highest BCUT2D eigenvalue weighted by molar-refractivity contribution is 7.17. The third-order valence-corrected chi connectivity index (χ3v) is 4.36. The fourth-order valence-electron chi connectivity index (χ4n) is 1.98. The van der Waals surface area contributed by atoms with Gasteiger partial charge in [-0.2, -0.15) is 0 Å². The Hall–Kier alpha value is -2.05. The summed E-state index contributed by atoms with van der Waals surface area (Å²) in [5.41, 5.74) is 0. The van der Waals surface area contributed by atoms with Crippen LogP contribution in [-0.4, -0.2) is 30.2 Å². The molecular formula is C15H14ClN3O2S. The van der Waals surface area contributed by atoms with Gasteiger partial charge in [-0.1, -0.05) is 11.6 Å². The third kappa shape index (κ3) is 3.23. The normalized spacial score (nSPS) is 10.6. The van der Waals surface area contributed by atoms with Crippen molar-refractivity contribution in [1.82, 2.24) is 9.97 Å². The lowest BCUT2D eigenvalue weighted by molar-refractivity contribution is 0.331. The number of ether oxygens (including phenoxy) is 2. The van der Waals surface area contributed by atoms with Crippen LogP contribution in [0.1, 0.15) is 0 Å². The zero-order valence-electron chi connectivity index (χ0n) is 11.9. The number of rotatable bonds is 6. The Labute approximate surface area is 136 Å². The van der Waals surface area contributed by atoms with Gasteiger partial charge in [0.1, 0.15) is 35.1 Å². The Kier molecular flexibility index (Phi) is 4.60. The zero-order chi connectivity index (χ0) is 15.4. The topological polar surface area (TPSA) is 56.3 Å². The molecule has 0 aliphatic rings. The second-order valence-electron chi connectivity index (χ2n) is 4.44. The molecule has 0 spiro atoms. The number of hydrogen-bond acceptors (Lipinski definition) is 6. The molecule has 0 atom stereocenters. The summed E-state index contributed by atoms with van der Waals surface area (Å²) in [5, 5.41) is 6.62. The van der Waals surface area contributed by atoms with E-state index in [0.29, 0.717) is 18.2 Å². The predicted octanol–water partition coefficient (Wildman–Crippen LogP) is 3.84. The molecule has 1 aromatic carbocycles. The van der Waals surface area contributed by atoms with E-state index < -0.39 is 0 Å². The van der Waals surface area contributed by atoms with E-state index in [1.807, 2.05) is 29.6 Å². The molecule has 22 heavy (non-hydrogen) atoms. The number of halogens is 1. The largest absolute Gasteiger partial charge is 0.497 e. The van der Waals surface area contributed by atoms with E-state index in [0.717, 1.165) is 27.5 Å². The Bertz CT molecular complexity index is 761. The van der Waals surface area contributed by atoms with Gasteiger partial charge in [-0.05, 0) is 24.3 Å². The summed E-state index contributed by atoms with van der Waals surface area (Å²) in [7, 11) is 1.64. The van der Waals surface area contributed by atoms with Crippen molar-refractivity contribution in [3.8, 4) is 11.5 Å². The number of aromatic nitrogens is 2. The van der Waals surface area contributed by atoms with E-state index in [4.69, 9.17) is 21.1 Å². The van der Waals surface area contributed by atoms with Crippen molar-refractivity contribution < 1.29 is 9.47 Å². The molecule has 2 aromatic heterocycles. The fourth-order valence-corrected chi connectivity index (χ4v) is 3.12. The molecule has 2 heterocycles. The predicted molar refractivity (Wildman–Crippen MR) is 89.4 cm³/mol. The second-order valence-corrected chi connectivity index (χ2v) is 5.70. The van der Waals surface area contributed by atoms with Crippen LogP contribution in [0.5, 0.6) is 11.5 Å². The Balaban J connectivity index is 1.57. The summed E-state index contributed by atoms with van der Waals surface area (Å²) in [5.74, 6) is 2.33.